The fourth-order valence-corrected chi connectivity index (χ4v) is 4.47. The zero-order valence-electron chi connectivity index (χ0n) is 20.8. The molecule has 2 aliphatic rings. The first-order chi connectivity index (χ1) is 17.9. The summed E-state index contributed by atoms with van der Waals surface area (Å²) >= 11 is 0. The Hall–Kier alpha value is -4.20. The van der Waals surface area contributed by atoms with E-state index in [0.717, 1.165) is 6.42 Å². The van der Waals surface area contributed by atoms with Crippen LogP contribution in [-0.2, 0) is 16.1 Å². The molecule has 8 heteroatoms. The topological polar surface area (TPSA) is 98.4 Å². The van der Waals surface area contributed by atoms with E-state index in [9.17, 15) is 14.7 Å². The molecule has 1 saturated heterocycles. The lowest BCUT2D eigenvalue weighted by molar-refractivity contribution is -0.140. The third-order valence-electron chi connectivity index (χ3n) is 6.42. The number of carbonyl (C=O) groups is 2. The molecule has 1 unspecified atom stereocenters. The van der Waals surface area contributed by atoms with E-state index in [1.807, 2.05) is 24.3 Å². The second kappa shape index (κ2) is 10.4. The lowest BCUT2D eigenvalue weighted by Crippen LogP contribution is -2.29. The predicted octanol–water partition coefficient (Wildman–Crippen LogP) is 5.10. The largest absolute Gasteiger partial charge is 0.507 e. The number of hydrogen-bond donors (Lipinski definition) is 1. The Bertz CT molecular complexity index is 1310. The van der Waals surface area contributed by atoms with Crippen molar-refractivity contribution in [3.05, 3.63) is 83.3 Å². The highest BCUT2D eigenvalue weighted by atomic mass is 16.6. The Morgan fingerprint density at radius 3 is 2.51 bits per heavy atom. The van der Waals surface area contributed by atoms with E-state index in [4.69, 9.17) is 18.6 Å². The lowest BCUT2D eigenvalue weighted by Gasteiger charge is -2.25. The molecule has 2 aromatic carbocycles. The van der Waals surface area contributed by atoms with Gasteiger partial charge in [0.25, 0.3) is 11.7 Å². The summed E-state index contributed by atoms with van der Waals surface area (Å²) in [5.41, 5.74) is 1.03. The highest BCUT2D eigenvalue weighted by Gasteiger charge is 2.46. The molecule has 5 rings (SSSR count). The van der Waals surface area contributed by atoms with Crippen LogP contribution in [0.15, 0.2) is 70.9 Å². The van der Waals surface area contributed by atoms with Gasteiger partial charge in [-0.15, -0.1) is 0 Å². The van der Waals surface area contributed by atoms with Crippen LogP contribution >= 0.6 is 0 Å². The predicted molar refractivity (Wildman–Crippen MR) is 135 cm³/mol. The normalized spacial score (nSPS) is 18.5. The molecule has 3 heterocycles. The van der Waals surface area contributed by atoms with Gasteiger partial charge in [-0.2, -0.15) is 0 Å². The fraction of sp³-hybridized carbons (Fsp3) is 0.310. The molecule has 2 aliphatic heterocycles. The molecular weight excluding hydrogens is 474 g/mol. The van der Waals surface area contributed by atoms with E-state index in [1.54, 1.807) is 30.3 Å². The van der Waals surface area contributed by atoms with Crippen LogP contribution in [0.2, 0.25) is 0 Å². The van der Waals surface area contributed by atoms with E-state index in [0.29, 0.717) is 59.9 Å². The van der Waals surface area contributed by atoms with E-state index >= 15 is 0 Å². The van der Waals surface area contributed by atoms with E-state index in [2.05, 4.69) is 13.8 Å². The number of amides is 1. The second-order valence-electron chi connectivity index (χ2n) is 9.46. The summed E-state index contributed by atoms with van der Waals surface area (Å²) in [6.07, 6.45) is 2.44. The third-order valence-corrected chi connectivity index (χ3v) is 6.42. The van der Waals surface area contributed by atoms with Crippen molar-refractivity contribution < 1.29 is 33.3 Å². The van der Waals surface area contributed by atoms with Crippen molar-refractivity contribution in [1.82, 2.24) is 4.90 Å². The van der Waals surface area contributed by atoms with Crippen LogP contribution in [0.1, 0.15) is 43.2 Å². The van der Waals surface area contributed by atoms with Gasteiger partial charge in [0.1, 0.15) is 30.5 Å². The van der Waals surface area contributed by atoms with Gasteiger partial charge < -0.3 is 28.6 Å². The number of fused-ring (bicyclic) bond motifs is 1. The first-order valence-electron chi connectivity index (χ1n) is 12.4. The number of ether oxygens (including phenoxy) is 3. The van der Waals surface area contributed by atoms with Crippen LogP contribution in [0.3, 0.4) is 0 Å². The van der Waals surface area contributed by atoms with Crippen LogP contribution in [-0.4, -0.2) is 41.5 Å². The van der Waals surface area contributed by atoms with E-state index in [1.165, 1.54) is 11.2 Å². The molecule has 0 spiro atoms. The summed E-state index contributed by atoms with van der Waals surface area (Å²) in [5, 5.41) is 11.3. The maximum atomic E-state index is 13.3. The first-order valence-corrected chi connectivity index (χ1v) is 12.4. The molecule has 0 bridgehead atoms. The molecule has 1 atom stereocenters. The summed E-state index contributed by atoms with van der Waals surface area (Å²) in [7, 11) is 0. The number of rotatable bonds is 8. The minimum absolute atomic E-state index is 0.00158. The van der Waals surface area contributed by atoms with Crippen molar-refractivity contribution in [2.24, 2.45) is 5.92 Å². The molecule has 3 aromatic rings. The maximum Gasteiger partial charge on any atom is 0.296 e. The summed E-state index contributed by atoms with van der Waals surface area (Å²) in [4.78, 5) is 27.9. The minimum Gasteiger partial charge on any atom is -0.507 e. The van der Waals surface area contributed by atoms with Gasteiger partial charge >= 0.3 is 0 Å². The number of benzene rings is 2. The van der Waals surface area contributed by atoms with Crippen LogP contribution in [0.4, 0.5) is 0 Å². The summed E-state index contributed by atoms with van der Waals surface area (Å²) in [5.74, 6) is 1.03. The molecule has 8 nitrogen and oxygen atoms in total. The SMILES string of the molecule is CC(C)CCOc1ccc(C2C(=C(O)c3ccc4c(c3)OCCO4)C(=O)C(=O)N2Cc2ccco2)cc1. The molecule has 192 valence electrons. The van der Waals surface area contributed by atoms with Gasteiger partial charge in [-0.25, -0.2) is 0 Å². The average molecular weight is 504 g/mol. The smallest absolute Gasteiger partial charge is 0.296 e. The van der Waals surface area contributed by atoms with Crippen LogP contribution < -0.4 is 14.2 Å². The standard InChI is InChI=1S/C29H29NO7/c1-18(2)11-13-35-21-8-5-19(6-9-21)26-25(28(32)29(33)30(26)17-22-4-3-12-34-22)27(31)20-7-10-23-24(16-20)37-15-14-36-23/h3-10,12,16,18,26,31H,11,13-15,17H2,1-2H3. The van der Waals surface area contributed by atoms with E-state index in [-0.39, 0.29) is 17.9 Å². The van der Waals surface area contributed by atoms with Gasteiger partial charge in [-0.05, 0) is 60.4 Å². The van der Waals surface area contributed by atoms with E-state index < -0.39 is 17.7 Å². The van der Waals surface area contributed by atoms with Crippen LogP contribution in [0.5, 0.6) is 17.2 Å². The van der Waals surface area contributed by atoms with Gasteiger partial charge in [0, 0.05) is 5.56 Å². The Kier molecular flexibility index (Phi) is 6.90. The molecule has 0 radical (unpaired) electrons. The number of carbonyl (C=O) groups excluding carboxylic acids is 2. The highest BCUT2D eigenvalue weighted by Crippen LogP contribution is 2.42. The van der Waals surface area contributed by atoms with Crippen molar-refractivity contribution in [2.75, 3.05) is 19.8 Å². The summed E-state index contributed by atoms with van der Waals surface area (Å²) < 4.78 is 22.5. The molecule has 37 heavy (non-hydrogen) atoms. The van der Waals surface area contributed by atoms with Crippen molar-refractivity contribution in [1.29, 1.82) is 0 Å². The molecule has 1 aromatic heterocycles. The molecule has 1 fully saturated rings. The van der Waals surface area contributed by atoms with Crippen molar-refractivity contribution in [3.8, 4) is 17.2 Å². The first kappa shape index (κ1) is 24.5. The molecule has 1 N–H and O–H groups in total. The Balaban J connectivity index is 1.53. The third kappa shape index (κ3) is 5.05. The van der Waals surface area contributed by atoms with Crippen molar-refractivity contribution in [2.45, 2.75) is 32.9 Å². The Labute approximate surface area is 215 Å². The maximum absolute atomic E-state index is 13.3. The highest BCUT2D eigenvalue weighted by molar-refractivity contribution is 6.46. The Morgan fingerprint density at radius 2 is 1.81 bits per heavy atom. The number of Topliss-reactive ketones (excluding diaryl/α,β-unsaturated/α-hetero) is 1. The van der Waals surface area contributed by atoms with Crippen molar-refractivity contribution >= 4 is 17.4 Å². The number of hydrogen-bond acceptors (Lipinski definition) is 7. The monoisotopic (exact) mass is 503 g/mol. The summed E-state index contributed by atoms with van der Waals surface area (Å²) in [6, 6.07) is 14.8. The number of aliphatic hydroxyl groups is 1. The second-order valence-corrected chi connectivity index (χ2v) is 9.46. The van der Waals surface area contributed by atoms with Gasteiger partial charge in [-0.1, -0.05) is 26.0 Å². The van der Waals surface area contributed by atoms with Crippen LogP contribution in [0.25, 0.3) is 5.76 Å². The quantitative estimate of drug-likeness (QED) is 0.259. The number of likely N-dealkylation sites (tertiary alicyclic amines) is 1. The average Bonchev–Trinajstić information content (AvgIpc) is 3.51. The number of aliphatic hydroxyl groups excluding tert-OH is 1. The zero-order valence-corrected chi connectivity index (χ0v) is 20.8. The number of nitrogens with zero attached hydrogens (tertiary/aromatic N) is 1. The Morgan fingerprint density at radius 1 is 1.05 bits per heavy atom. The minimum atomic E-state index is -0.817. The zero-order chi connectivity index (χ0) is 25.9. The number of ketones is 1. The fourth-order valence-electron chi connectivity index (χ4n) is 4.47. The number of furan rings is 1. The van der Waals surface area contributed by atoms with Gasteiger partial charge in [0.05, 0.1) is 31.0 Å². The van der Waals surface area contributed by atoms with Gasteiger partial charge in [0.15, 0.2) is 11.5 Å². The lowest BCUT2D eigenvalue weighted by atomic mass is 9.95. The molecular formula is C29H29NO7. The molecule has 0 saturated carbocycles. The van der Waals surface area contributed by atoms with Crippen molar-refractivity contribution in [3.63, 3.8) is 0 Å². The summed E-state index contributed by atoms with van der Waals surface area (Å²) in [6.45, 7) is 5.76. The van der Waals surface area contributed by atoms with Gasteiger partial charge in [-0.3, -0.25) is 9.59 Å². The molecule has 0 aliphatic carbocycles. The molecule has 1 amide bonds. The van der Waals surface area contributed by atoms with Crippen LogP contribution in [0, 0.1) is 5.92 Å². The van der Waals surface area contributed by atoms with Gasteiger partial charge in [0.2, 0.25) is 0 Å².